The van der Waals surface area contributed by atoms with Crippen molar-refractivity contribution in [3.63, 3.8) is 0 Å². The van der Waals surface area contributed by atoms with Gasteiger partial charge in [-0.3, -0.25) is 14.4 Å². The molecule has 0 saturated heterocycles. The molecule has 0 aliphatic heterocycles. The monoisotopic (exact) mass is 1090 g/mol. The molecule has 448 valence electrons. The van der Waals surface area contributed by atoms with Crippen molar-refractivity contribution in [2.45, 2.75) is 297 Å². The molecule has 0 radical (unpaired) electrons. The molecular formula is C73H120O6. The van der Waals surface area contributed by atoms with Crippen molar-refractivity contribution in [2.24, 2.45) is 0 Å². The standard InChI is InChI=1S/C73H120O6/c1-4-7-10-13-16-19-22-24-26-28-29-30-31-32-33-34-35-36-37-38-39-40-41-42-43-45-46-48-51-54-57-60-63-66-72(75)78-69-70(68-77-71(74)65-62-59-56-53-50-21-18-15-12-9-6-3)79-73(76)67-64-61-58-55-52-49-47-44-27-25-23-20-17-14-11-8-5-2/h7-8,10-11,15-20,24-27,29-30,32-33,47,49,55,58,70H,4-6,9,12-14,21-23,28,31,34-46,48,50-54,56-57,59-69H2,1-3H3/b10-7-,11-8-,18-15-,19-16-,20-17-,26-24-,27-25-,30-29-,33-32-,49-47-,58-55-. The Hall–Kier alpha value is -4.45. The molecule has 0 N–H and O–H groups in total. The molecule has 6 nitrogen and oxygen atoms in total. The minimum absolute atomic E-state index is 0.104. The molecule has 0 saturated carbocycles. The van der Waals surface area contributed by atoms with Gasteiger partial charge in [-0.2, -0.15) is 0 Å². The maximum atomic E-state index is 12.9. The molecule has 6 heteroatoms. The van der Waals surface area contributed by atoms with E-state index >= 15 is 0 Å². The number of hydrogen-bond acceptors (Lipinski definition) is 6. The molecule has 0 bridgehead atoms. The maximum absolute atomic E-state index is 12.9. The van der Waals surface area contributed by atoms with E-state index in [9.17, 15) is 14.4 Å². The molecule has 0 aromatic rings. The molecule has 0 amide bonds. The summed E-state index contributed by atoms with van der Waals surface area (Å²) in [4.78, 5) is 38.2. The van der Waals surface area contributed by atoms with Crippen LogP contribution in [0.2, 0.25) is 0 Å². The number of hydrogen-bond donors (Lipinski definition) is 0. The molecule has 0 aliphatic rings. The van der Waals surface area contributed by atoms with Crippen LogP contribution < -0.4 is 0 Å². The van der Waals surface area contributed by atoms with Gasteiger partial charge in [-0.25, -0.2) is 0 Å². The molecule has 79 heavy (non-hydrogen) atoms. The van der Waals surface area contributed by atoms with E-state index in [0.29, 0.717) is 19.3 Å². The first-order valence-electron chi connectivity index (χ1n) is 32.7. The predicted molar refractivity (Wildman–Crippen MR) is 343 cm³/mol. The lowest BCUT2D eigenvalue weighted by Gasteiger charge is -2.18. The van der Waals surface area contributed by atoms with Crippen LogP contribution in [0.4, 0.5) is 0 Å². The van der Waals surface area contributed by atoms with Crippen LogP contribution in [-0.2, 0) is 28.6 Å². The van der Waals surface area contributed by atoms with E-state index in [-0.39, 0.29) is 37.5 Å². The number of ether oxygens (including phenoxy) is 3. The Kier molecular flexibility index (Phi) is 62.3. The zero-order valence-corrected chi connectivity index (χ0v) is 51.3. The third kappa shape index (κ3) is 64.3. The van der Waals surface area contributed by atoms with Gasteiger partial charge in [0.25, 0.3) is 0 Å². The highest BCUT2D eigenvalue weighted by Crippen LogP contribution is 2.16. The maximum Gasteiger partial charge on any atom is 0.306 e. The highest BCUT2D eigenvalue weighted by atomic mass is 16.6. The predicted octanol–water partition coefficient (Wildman–Crippen LogP) is 22.5. The molecule has 0 heterocycles. The molecule has 0 spiro atoms. The van der Waals surface area contributed by atoms with Crippen LogP contribution in [0.5, 0.6) is 0 Å². The van der Waals surface area contributed by atoms with Crippen molar-refractivity contribution in [3.8, 4) is 0 Å². The van der Waals surface area contributed by atoms with E-state index in [1.807, 2.05) is 0 Å². The Morgan fingerprint density at radius 2 is 0.506 bits per heavy atom. The summed E-state index contributed by atoms with van der Waals surface area (Å²) in [6.07, 6.45) is 93.5. The third-order valence-corrected chi connectivity index (χ3v) is 13.6. The van der Waals surface area contributed by atoms with Crippen molar-refractivity contribution >= 4 is 17.9 Å². The fourth-order valence-corrected chi connectivity index (χ4v) is 8.78. The number of rotatable bonds is 58. The van der Waals surface area contributed by atoms with Crippen LogP contribution in [0.15, 0.2) is 134 Å². The fourth-order valence-electron chi connectivity index (χ4n) is 8.78. The summed E-state index contributed by atoms with van der Waals surface area (Å²) in [7, 11) is 0. The second-order valence-corrected chi connectivity index (χ2v) is 21.3. The van der Waals surface area contributed by atoms with Gasteiger partial charge in [0.15, 0.2) is 6.10 Å². The summed E-state index contributed by atoms with van der Waals surface area (Å²) in [5, 5.41) is 0. The topological polar surface area (TPSA) is 78.9 Å². The molecule has 0 aliphatic carbocycles. The minimum Gasteiger partial charge on any atom is -0.462 e. The zero-order chi connectivity index (χ0) is 57.1. The van der Waals surface area contributed by atoms with E-state index < -0.39 is 6.10 Å². The lowest BCUT2D eigenvalue weighted by molar-refractivity contribution is -0.167. The zero-order valence-electron chi connectivity index (χ0n) is 51.3. The quantitative estimate of drug-likeness (QED) is 0.0261. The summed E-state index contributed by atoms with van der Waals surface area (Å²) in [5.41, 5.74) is 0. The first-order chi connectivity index (χ1) is 39.0. The van der Waals surface area contributed by atoms with Gasteiger partial charge in [0.2, 0.25) is 0 Å². The van der Waals surface area contributed by atoms with Crippen LogP contribution in [-0.4, -0.2) is 37.2 Å². The van der Waals surface area contributed by atoms with Gasteiger partial charge >= 0.3 is 17.9 Å². The molecular weight excluding hydrogens is 973 g/mol. The second kappa shape index (κ2) is 66.1. The number of esters is 3. The highest BCUT2D eigenvalue weighted by Gasteiger charge is 2.19. The van der Waals surface area contributed by atoms with Gasteiger partial charge in [-0.1, -0.05) is 283 Å². The summed E-state index contributed by atoms with van der Waals surface area (Å²) in [6.45, 7) is 6.33. The average Bonchev–Trinajstić information content (AvgIpc) is 3.45. The molecule has 0 aromatic carbocycles. The average molecular weight is 1090 g/mol. The third-order valence-electron chi connectivity index (χ3n) is 13.6. The number of carbonyl (C=O) groups excluding carboxylic acids is 3. The van der Waals surface area contributed by atoms with Crippen molar-refractivity contribution in [1.29, 1.82) is 0 Å². The minimum atomic E-state index is -0.813. The van der Waals surface area contributed by atoms with Crippen molar-refractivity contribution in [3.05, 3.63) is 134 Å². The van der Waals surface area contributed by atoms with Crippen molar-refractivity contribution in [1.82, 2.24) is 0 Å². The van der Waals surface area contributed by atoms with Gasteiger partial charge in [0, 0.05) is 19.3 Å². The number of unbranched alkanes of at least 4 members (excludes halogenated alkanes) is 25. The number of allylic oxidation sites excluding steroid dienone is 22. The van der Waals surface area contributed by atoms with E-state index in [0.717, 1.165) is 122 Å². The lowest BCUT2D eigenvalue weighted by atomic mass is 10.0. The van der Waals surface area contributed by atoms with Gasteiger partial charge in [0.05, 0.1) is 0 Å². The van der Waals surface area contributed by atoms with Gasteiger partial charge < -0.3 is 14.2 Å². The highest BCUT2D eigenvalue weighted by molar-refractivity contribution is 5.71. The fraction of sp³-hybridized carbons (Fsp3) is 0.658. The van der Waals surface area contributed by atoms with Gasteiger partial charge in [0.1, 0.15) is 13.2 Å². The summed E-state index contributed by atoms with van der Waals surface area (Å²) >= 11 is 0. The van der Waals surface area contributed by atoms with E-state index in [1.165, 1.54) is 122 Å². The SMILES string of the molecule is CC/C=C\C/C=C\C/C=C\C/C=C\C/C=C\CCCCCCCCCCCCCCCCCCCC(=O)OCC(COC(=O)CCCCCCC/C=C\CCCC)OC(=O)CCC/C=C\C/C=C\C/C=C\C/C=C\C/C=C\CC. The van der Waals surface area contributed by atoms with Crippen molar-refractivity contribution < 1.29 is 28.6 Å². The van der Waals surface area contributed by atoms with E-state index in [2.05, 4.69) is 154 Å². The number of carbonyl (C=O) groups is 3. The smallest absolute Gasteiger partial charge is 0.306 e. The molecule has 0 aromatic heterocycles. The van der Waals surface area contributed by atoms with Crippen LogP contribution in [0.25, 0.3) is 0 Å². The first kappa shape index (κ1) is 74.5. The van der Waals surface area contributed by atoms with Gasteiger partial charge in [-0.05, 0) is 122 Å². The Morgan fingerprint density at radius 3 is 0.823 bits per heavy atom. The molecule has 0 rings (SSSR count). The second-order valence-electron chi connectivity index (χ2n) is 21.3. The Balaban J connectivity index is 4.20. The normalized spacial score (nSPS) is 13.0. The summed E-state index contributed by atoms with van der Waals surface area (Å²) in [5.74, 6) is -0.970. The Labute approximate surface area is 487 Å². The van der Waals surface area contributed by atoms with Crippen molar-refractivity contribution in [2.75, 3.05) is 13.2 Å². The van der Waals surface area contributed by atoms with Gasteiger partial charge in [-0.15, -0.1) is 0 Å². The molecule has 0 fully saturated rings. The molecule has 1 atom stereocenters. The lowest BCUT2D eigenvalue weighted by Crippen LogP contribution is -2.30. The summed E-state index contributed by atoms with van der Waals surface area (Å²) < 4.78 is 16.8. The van der Waals surface area contributed by atoms with Crippen LogP contribution in [0.3, 0.4) is 0 Å². The van der Waals surface area contributed by atoms with E-state index in [1.54, 1.807) is 0 Å². The summed E-state index contributed by atoms with van der Waals surface area (Å²) in [6, 6.07) is 0. The largest absolute Gasteiger partial charge is 0.462 e. The van der Waals surface area contributed by atoms with Crippen LogP contribution >= 0.6 is 0 Å². The van der Waals surface area contributed by atoms with E-state index in [4.69, 9.17) is 14.2 Å². The Morgan fingerprint density at radius 1 is 0.266 bits per heavy atom. The van der Waals surface area contributed by atoms with Crippen LogP contribution in [0, 0.1) is 0 Å². The molecule has 1 unspecified atom stereocenters. The first-order valence-corrected chi connectivity index (χ1v) is 32.7. The Bertz CT molecular complexity index is 1680. The van der Waals surface area contributed by atoms with Crippen LogP contribution in [0.1, 0.15) is 290 Å².